The predicted octanol–water partition coefficient (Wildman–Crippen LogP) is 1.18. The van der Waals surface area contributed by atoms with Gasteiger partial charge in [-0.1, -0.05) is 0 Å². The number of aromatic nitrogens is 2. The quantitative estimate of drug-likeness (QED) is 0.817. The lowest BCUT2D eigenvalue weighted by Gasteiger charge is -2.22. The van der Waals surface area contributed by atoms with Crippen LogP contribution < -0.4 is 10.9 Å². The average Bonchev–Trinajstić information content (AvgIpc) is 2.24. The predicted molar refractivity (Wildman–Crippen MR) is 75.5 cm³/mol. The first-order valence-electron chi connectivity index (χ1n) is 5.94. The van der Waals surface area contributed by atoms with Gasteiger partial charge in [0.05, 0.1) is 0 Å². The SMILES string of the molecule is CS(=O)CCCNc1nccn(C(C)(C)C)c1=O. The van der Waals surface area contributed by atoms with Crippen LogP contribution in [0, 0.1) is 0 Å². The van der Waals surface area contributed by atoms with Crippen molar-refractivity contribution < 1.29 is 4.21 Å². The van der Waals surface area contributed by atoms with Crippen molar-refractivity contribution in [2.24, 2.45) is 0 Å². The Hall–Kier alpha value is -1.17. The molecule has 1 atom stereocenters. The first-order chi connectivity index (χ1) is 8.32. The van der Waals surface area contributed by atoms with Crippen LogP contribution in [-0.4, -0.2) is 32.3 Å². The molecule has 0 saturated heterocycles. The molecule has 6 heteroatoms. The maximum absolute atomic E-state index is 12.1. The Morgan fingerprint density at radius 1 is 1.44 bits per heavy atom. The third kappa shape index (κ3) is 4.25. The molecular weight excluding hydrogens is 250 g/mol. The summed E-state index contributed by atoms with van der Waals surface area (Å²) in [6, 6.07) is 0. The van der Waals surface area contributed by atoms with Crippen molar-refractivity contribution in [2.45, 2.75) is 32.7 Å². The monoisotopic (exact) mass is 271 g/mol. The second-order valence-electron chi connectivity index (χ2n) is 5.18. The maximum atomic E-state index is 12.1. The minimum Gasteiger partial charge on any atom is -0.365 e. The molecule has 0 aliphatic carbocycles. The van der Waals surface area contributed by atoms with Crippen molar-refractivity contribution in [3.05, 3.63) is 22.7 Å². The molecule has 0 aliphatic heterocycles. The minimum atomic E-state index is -0.791. The van der Waals surface area contributed by atoms with Crippen LogP contribution in [0.1, 0.15) is 27.2 Å². The van der Waals surface area contributed by atoms with Crippen LogP contribution in [0.25, 0.3) is 0 Å². The number of rotatable bonds is 5. The summed E-state index contributed by atoms with van der Waals surface area (Å²) in [6.45, 7) is 6.52. The molecule has 0 amide bonds. The third-order valence-electron chi connectivity index (χ3n) is 2.46. The Bertz CT molecular complexity index is 477. The Kier molecular flexibility index (Phi) is 5.07. The summed E-state index contributed by atoms with van der Waals surface area (Å²) < 4.78 is 12.6. The lowest BCUT2D eigenvalue weighted by atomic mass is 10.1. The topological polar surface area (TPSA) is 64.0 Å². The van der Waals surface area contributed by atoms with Gasteiger partial charge in [0, 0.05) is 47.3 Å². The van der Waals surface area contributed by atoms with Gasteiger partial charge in [-0.25, -0.2) is 4.98 Å². The van der Waals surface area contributed by atoms with Gasteiger partial charge in [0.15, 0.2) is 5.82 Å². The molecule has 1 heterocycles. The number of anilines is 1. The maximum Gasteiger partial charge on any atom is 0.293 e. The van der Waals surface area contributed by atoms with Gasteiger partial charge < -0.3 is 9.88 Å². The Balaban J connectivity index is 2.73. The summed E-state index contributed by atoms with van der Waals surface area (Å²) in [5.74, 6) is 0.988. The minimum absolute atomic E-state index is 0.123. The summed E-state index contributed by atoms with van der Waals surface area (Å²) in [5, 5.41) is 3.00. The molecule has 0 aliphatic rings. The zero-order valence-corrected chi connectivity index (χ0v) is 12.2. The van der Waals surface area contributed by atoms with Crippen molar-refractivity contribution in [1.82, 2.24) is 9.55 Å². The fourth-order valence-electron chi connectivity index (χ4n) is 1.54. The lowest BCUT2D eigenvalue weighted by Crippen LogP contribution is -2.35. The van der Waals surface area contributed by atoms with Crippen LogP contribution in [-0.2, 0) is 16.3 Å². The molecule has 1 N–H and O–H groups in total. The number of hydrogen-bond donors (Lipinski definition) is 1. The van der Waals surface area contributed by atoms with E-state index in [0.717, 1.165) is 6.42 Å². The van der Waals surface area contributed by atoms with E-state index >= 15 is 0 Å². The molecule has 0 saturated carbocycles. The summed E-state index contributed by atoms with van der Waals surface area (Å²) >= 11 is 0. The molecule has 0 radical (unpaired) electrons. The van der Waals surface area contributed by atoms with E-state index in [1.807, 2.05) is 20.8 Å². The number of nitrogens with one attached hydrogen (secondary N) is 1. The second kappa shape index (κ2) is 6.13. The normalized spacial score (nSPS) is 13.3. The Morgan fingerprint density at radius 3 is 2.67 bits per heavy atom. The van der Waals surface area contributed by atoms with E-state index in [1.165, 1.54) is 0 Å². The van der Waals surface area contributed by atoms with Gasteiger partial charge in [-0.15, -0.1) is 0 Å². The lowest BCUT2D eigenvalue weighted by molar-refractivity contribution is 0.383. The fourth-order valence-corrected chi connectivity index (χ4v) is 2.09. The van der Waals surface area contributed by atoms with Crippen LogP contribution in [0.2, 0.25) is 0 Å². The van der Waals surface area contributed by atoms with Gasteiger partial charge in [0.1, 0.15) is 0 Å². The number of hydrogen-bond acceptors (Lipinski definition) is 4. The van der Waals surface area contributed by atoms with Crippen molar-refractivity contribution in [3.8, 4) is 0 Å². The largest absolute Gasteiger partial charge is 0.365 e. The molecule has 5 nitrogen and oxygen atoms in total. The van der Waals surface area contributed by atoms with Crippen molar-refractivity contribution >= 4 is 16.6 Å². The fraction of sp³-hybridized carbons (Fsp3) is 0.667. The first kappa shape index (κ1) is 14.9. The van der Waals surface area contributed by atoms with Gasteiger partial charge in [0.25, 0.3) is 5.56 Å². The molecule has 0 aromatic carbocycles. The van der Waals surface area contributed by atoms with Crippen LogP contribution in [0.15, 0.2) is 17.2 Å². The molecule has 102 valence electrons. The Morgan fingerprint density at radius 2 is 2.11 bits per heavy atom. The molecule has 1 rings (SSSR count). The van der Waals surface area contributed by atoms with E-state index in [0.29, 0.717) is 18.1 Å². The van der Waals surface area contributed by atoms with Crippen LogP contribution in [0.3, 0.4) is 0 Å². The standard InChI is InChI=1S/C12H21N3O2S/c1-12(2,3)15-8-7-14-10(11(15)16)13-6-5-9-18(4)17/h7-8H,5-6,9H2,1-4H3,(H,13,14). The highest BCUT2D eigenvalue weighted by atomic mass is 32.2. The van der Waals surface area contributed by atoms with Gasteiger partial charge in [-0.05, 0) is 27.2 Å². The van der Waals surface area contributed by atoms with Crippen LogP contribution >= 0.6 is 0 Å². The molecule has 0 spiro atoms. The molecule has 1 unspecified atom stereocenters. The summed E-state index contributed by atoms with van der Waals surface area (Å²) in [4.78, 5) is 16.2. The highest BCUT2D eigenvalue weighted by Gasteiger charge is 2.16. The van der Waals surface area contributed by atoms with Crippen LogP contribution in [0.5, 0.6) is 0 Å². The van der Waals surface area contributed by atoms with E-state index in [-0.39, 0.29) is 11.1 Å². The van der Waals surface area contributed by atoms with Crippen molar-refractivity contribution in [2.75, 3.05) is 23.9 Å². The van der Waals surface area contributed by atoms with E-state index in [1.54, 1.807) is 23.2 Å². The van der Waals surface area contributed by atoms with Gasteiger partial charge >= 0.3 is 0 Å². The molecule has 0 bridgehead atoms. The number of nitrogens with zero attached hydrogens (tertiary/aromatic N) is 2. The van der Waals surface area contributed by atoms with E-state index in [2.05, 4.69) is 10.3 Å². The summed E-state index contributed by atoms with van der Waals surface area (Å²) in [6.07, 6.45) is 5.74. The highest BCUT2D eigenvalue weighted by molar-refractivity contribution is 7.84. The highest BCUT2D eigenvalue weighted by Crippen LogP contribution is 2.10. The van der Waals surface area contributed by atoms with Crippen molar-refractivity contribution in [1.29, 1.82) is 0 Å². The van der Waals surface area contributed by atoms with Gasteiger partial charge in [0.2, 0.25) is 0 Å². The molecule has 18 heavy (non-hydrogen) atoms. The van der Waals surface area contributed by atoms with Crippen LogP contribution in [0.4, 0.5) is 5.82 Å². The zero-order chi connectivity index (χ0) is 13.8. The van der Waals surface area contributed by atoms with E-state index in [4.69, 9.17) is 0 Å². The molecule has 1 aromatic rings. The molecule has 1 aromatic heterocycles. The van der Waals surface area contributed by atoms with E-state index < -0.39 is 10.8 Å². The van der Waals surface area contributed by atoms with Gasteiger partial charge in [-0.3, -0.25) is 9.00 Å². The summed E-state index contributed by atoms with van der Waals surface area (Å²) in [5.41, 5.74) is -0.385. The summed E-state index contributed by atoms with van der Waals surface area (Å²) in [7, 11) is -0.791. The first-order valence-corrected chi connectivity index (χ1v) is 7.67. The van der Waals surface area contributed by atoms with E-state index in [9.17, 15) is 9.00 Å². The molecule has 0 fully saturated rings. The average molecular weight is 271 g/mol. The van der Waals surface area contributed by atoms with Gasteiger partial charge in [-0.2, -0.15) is 0 Å². The third-order valence-corrected chi connectivity index (χ3v) is 3.33. The smallest absolute Gasteiger partial charge is 0.293 e. The zero-order valence-electron chi connectivity index (χ0n) is 11.4. The Labute approximate surface area is 110 Å². The second-order valence-corrected chi connectivity index (χ2v) is 6.73. The van der Waals surface area contributed by atoms with Crippen molar-refractivity contribution in [3.63, 3.8) is 0 Å². The molecular formula is C12H21N3O2S.